The Labute approximate surface area is 74.3 Å². The molecule has 6 nitrogen and oxygen atoms in total. The molecule has 0 aliphatic heterocycles. The highest BCUT2D eigenvalue weighted by Gasteiger charge is 2.52. The minimum atomic E-state index is -2.50. The third kappa shape index (κ3) is 1.42. The summed E-state index contributed by atoms with van der Waals surface area (Å²) in [5.74, 6) is -4.58. The van der Waals surface area contributed by atoms with Gasteiger partial charge < -0.3 is 11.5 Å². The van der Waals surface area contributed by atoms with Gasteiger partial charge in [0, 0.05) is 0 Å². The van der Waals surface area contributed by atoms with Crippen LogP contribution in [0, 0.1) is 5.41 Å². The summed E-state index contributed by atoms with van der Waals surface area (Å²) in [6.07, 6.45) is 0. The molecule has 0 saturated carbocycles. The van der Waals surface area contributed by atoms with E-state index >= 15 is 0 Å². The Balaban J connectivity index is 5.60. The maximum absolute atomic E-state index is 11.0. The summed E-state index contributed by atoms with van der Waals surface area (Å²) in [5.41, 5.74) is 7.09. The van der Waals surface area contributed by atoms with Crippen molar-refractivity contribution in [2.75, 3.05) is 0 Å². The minimum Gasteiger partial charge on any atom is -0.368 e. The number of rotatable bonds is 4. The third-order valence-corrected chi connectivity index (χ3v) is 1.80. The Morgan fingerprint density at radius 2 is 1.08 bits per heavy atom. The van der Waals surface area contributed by atoms with Gasteiger partial charge >= 0.3 is 0 Å². The number of carbonyl (C=O) groups excluding carboxylic acids is 4. The highest BCUT2D eigenvalue weighted by atomic mass is 16.2. The Hall–Kier alpha value is -1.72. The van der Waals surface area contributed by atoms with Crippen molar-refractivity contribution in [1.82, 2.24) is 0 Å². The minimum absolute atomic E-state index is 0.914. The molecule has 72 valence electrons. The highest BCUT2D eigenvalue weighted by Crippen LogP contribution is 2.18. The van der Waals surface area contributed by atoms with Gasteiger partial charge in [-0.25, -0.2) is 0 Å². The lowest BCUT2D eigenvalue weighted by Gasteiger charge is -2.20. The Bertz CT molecular complexity index is 233. The zero-order chi connectivity index (χ0) is 10.8. The van der Waals surface area contributed by atoms with E-state index in [1.807, 2.05) is 0 Å². The molecule has 0 heterocycles. The molecule has 0 rings (SSSR count). The fourth-order valence-corrected chi connectivity index (χ4v) is 1.06. The molecule has 0 aromatic rings. The summed E-state index contributed by atoms with van der Waals surface area (Å²) in [5, 5.41) is 0. The highest BCUT2D eigenvalue weighted by molar-refractivity contribution is 6.36. The second-order valence-corrected chi connectivity index (χ2v) is 2.59. The van der Waals surface area contributed by atoms with Gasteiger partial charge in [0.05, 0.1) is 0 Å². The fourth-order valence-electron chi connectivity index (χ4n) is 1.06. The molecule has 0 aliphatic rings. The molecule has 0 aromatic carbocycles. The average molecular weight is 186 g/mol. The maximum atomic E-state index is 11.0. The number of hydrogen-bond donors (Lipinski definition) is 2. The van der Waals surface area contributed by atoms with Gasteiger partial charge in [-0.2, -0.15) is 0 Å². The zero-order valence-corrected chi connectivity index (χ0v) is 7.29. The summed E-state index contributed by atoms with van der Waals surface area (Å²) >= 11 is 0. The Kier molecular flexibility index (Phi) is 2.90. The van der Waals surface area contributed by atoms with Crippen molar-refractivity contribution in [2.24, 2.45) is 16.9 Å². The van der Waals surface area contributed by atoms with Gasteiger partial charge in [0.15, 0.2) is 11.6 Å². The van der Waals surface area contributed by atoms with Crippen LogP contribution in [0.15, 0.2) is 0 Å². The van der Waals surface area contributed by atoms with Crippen LogP contribution in [0.3, 0.4) is 0 Å². The lowest BCUT2D eigenvalue weighted by atomic mass is 9.79. The summed E-state index contributed by atoms with van der Waals surface area (Å²) in [4.78, 5) is 43.6. The van der Waals surface area contributed by atoms with Crippen molar-refractivity contribution in [3.8, 4) is 0 Å². The van der Waals surface area contributed by atoms with Crippen LogP contribution < -0.4 is 11.5 Å². The predicted octanol–water partition coefficient (Wildman–Crippen LogP) is -1.88. The van der Waals surface area contributed by atoms with Gasteiger partial charge in [-0.3, -0.25) is 19.2 Å². The van der Waals surface area contributed by atoms with Crippen molar-refractivity contribution in [2.45, 2.75) is 13.8 Å². The van der Waals surface area contributed by atoms with Crippen LogP contribution >= 0.6 is 0 Å². The summed E-state index contributed by atoms with van der Waals surface area (Å²) in [6, 6.07) is 0. The molecule has 0 fully saturated rings. The van der Waals surface area contributed by atoms with Crippen LogP contribution in [0.5, 0.6) is 0 Å². The molecule has 0 aromatic heterocycles. The molecule has 0 spiro atoms. The van der Waals surface area contributed by atoms with Gasteiger partial charge in [0.25, 0.3) is 0 Å². The van der Waals surface area contributed by atoms with Gasteiger partial charge in [-0.1, -0.05) is 0 Å². The normalized spacial score (nSPS) is 10.6. The van der Waals surface area contributed by atoms with E-state index in [4.69, 9.17) is 11.5 Å². The molecule has 0 saturated heterocycles. The molecule has 0 atom stereocenters. The number of carbonyl (C=O) groups is 4. The van der Waals surface area contributed by atoms with E-state index in [0.717, 1.165) is 13.8 Å². The van der Waals surface area contributed by atoms with Crippen LogP contribution in [-0.4, -0.2) is 23.4 Å². The van der Waals surface area contributed by atoms with Crippen LogP contribution in [0.2, 0.25) is 0 Å². The fraction of sp³-hybridized carbons (Fsp3) is 0.429. The van der Waals surface area contributed by atoms with E-state index in [9.17, 15) is 19.2 Å². The van der Waals surface area contributed by atoms with Crippen LogP contribution in [0.25, 0.3) is 0 Å². The number of ketones is 2. The van der Waals surface area contributed by atoms with E-state index in [1.54, 1.807) is 0 Å². The third-order valence-electron chi connectivity index (χ3n) is 1.80. The van der Waals surface area contributed by atoms with Crippen molar-refractivity contribution in [3.05, 3.63) is 0 Å². The first kappa shape index (κ1) is 11.3. The molecule has 6 heteroatoms. The molecule has 4 N–H and O–H groups in total. The van der Waals surface area contributed by atoms with Crippen molar-refractivity contribution in [1.29, 1.82) is 0 Å². The van der Waals surface area contributed by atoms with E-state index < -0.39 is 28.8 Å². The molecular formula is C7H10N2O4. The van der Waals surface area contributed by atoms with Gasteiger partial charge in [-0.15, -0.1) is 0 Å². The first-order chi connectivity index (χ1) is 5.77. The summed E-state index contributed by atoms with van der Waals surface area (Å²) in [6.45, 7) is 1.83. The molecule has 2 amide bonds. The van der Waals surface area contributed by atoms with E-state index in [0.29, 0.717) is 0 Å². The SMILES string of the molecule is CC(=O)C(C(C)=O)(C(N)=O)C(N)=O. The first-order valence-electron chi connectivity index (χ1n) is 3.39. The summed E-state index contributed by atoms with van der Waals surface area (Å²) in [7, 11) is 0. The second kappa shape index (κ2) is 3.34. The Morgan fingerprint density at radius 3 is 1.08 bits per heavy atom. The predicted molar refractivity (Wildman–Crippen MR) is 42.2 cm³/mol. The van der Waals surface area contributed by atoms with Crippen molar-refractivity contribution in [3.63, 3.8) is 0 Å². The first-order valence-corrected chi connectivity index (χ1v) is 3.39. The number of amides is 2. The largest absolute Gasteiger partial charge is 0.368 e. The second-order valence-electron chi connectivity index (χ2n) is 2.59. The lowest BCUT2D eigenvalue weighted by Crippen LogP contribution is -2.56. The van der Waals surface area contributed by atoms with Crippen molar-refractivity contribution < 1.29 is 19.2 Å². The number of hydrogen-bond acceptors (Lipinski definition) is 4. The molecule has 0 unspecified atom stereocenters. The molecule has 13 heavy (non-hydrogen) atoms. The number of primary amides is 2. The van der Waals surface area contributed by atoms with Gasteiger partial charge in [0.1, 0.15) is 0 Å². The van der Waals surface area contributed by atoms with Crippen LogP contribution in [0.1, 0.15) is 13.8 Å². The average Bonchev–Trinajstić information content (AvgIpc) is 1.82. The maximum Gasteiger partial charge on any atom is 0.248 e. The van der Waals surface area contributed by atoms with Crippen LogP contribution in [0.4, 0.5) is 0 Å². The van der Waals surface area contributed by atoms with E-state index in [1.165, 1.54) is 0 Å². The quantitative estimate of drug-likeness (QED) is 0.499. The molecule has 0 aliphatic carbocycles. The van der Waals surface area contributed by atoms with Crippen LogP contribution in [-0.2, 0) is 19.2 Å². The molecular weight excluding hydrogens is 176 g/mol. The van der Waals surface area contributed by atoms with Gasteiger partial charge in [0.2, 0.25) is 17.2 Å². The Morgan fingerprint density at radius 1 is 0.846 bits per heavy atom. The van der Waals surface area contributed by atoms with Gasteiger partial charge in [-0.05, 0) is 13.8 Å². The summed E-state index contributed by atoms with van der Waals surface area (Å²) < 4.78 is 0. The van der Waals surface area contributed by atoms with Crippen molar-refractivity contribution >= 4 is 23.4 Å². The van der Waals surface area contributed by atoms with E-state index in [2.05, 4.69) is 0 Å². The number of Topliss-reactive ketones (excluding diaryl/α,β-unsaturated/α-hetero) is 2. The zero-order valence-electron chi connectivity index (χ0n) is 7.29. The molecule has 0 radical (unpaired) electrons. The lowest BCUT2D eigenvalue weighted by molar-refractivity contribution is -0.152. The number of nitrogens with two attached hydrogens (primary N) is 2. The molecule has 0 bridgehead atoms. The monoisotopic (exact) mass is 186 g/mol. The standard InChI is InChI=1S/C7H10N2O4/c1-3(10)7(4(2)11,5(8)12)6(9)13/h1-2H3,(H2,8,12)(H2,9,13). The van der Waals surface area contributed by atoms with E-state index in [-0.39, 0.29) is 0 Å². The smallest absolute Gasteiger partial charge is 0.248 e. The topological polar surface area (TPSA) is 120 Å².